The topological polar surface area (TPSA) is 30.2 Å². The van der Waals surface area contributed by atoms with Crippen LogP contribution >= 0.6 is 0 Å². The zero-order chi connectivity index (χ0) is 8.55. The molecule has 0 aliphatic rings. The van der Waals surface area contributed by atoms with Crippen molar-refractivity contribution in [2.45, 2.75) is 6.92 Å². The van der Waals surface area contributed by atoms with Crippen molar-refractivity contribution in [3.63, 3.8) is 0 Å². The summed E-state index contributed by atoms with van der Waals surface area (Å²) in [5.74, 6) is 0.833. The molecule has 12 heavy (non-hydrogen) atoms. The fourth-order valence-electron chi connectivity index (χ4n) is 1.31. The SMILES string of the molecule is Cc1cc2c(C=O)cccc2o1. The first-order chi connectivity index (χ1) is 5.81. The van der Waals surface area contributed by atoms with Gasteiger partial charge in [-0.2, -0.15) is 0 Å². The molecule has 0 bridgehead atoms. The number of aldehydes is 1. The first kappa shape index (κ1) is 7.10. The molecule has 2 nitrogen and oxygen atoms in total. The fraction of sp³-hybridized carbons (Fsp3) is 0.100. The molecule has 0 unspecified atom stereocenters. The molecule has 0 aliphatic carbocycles. The van der Waals surface area contributed by atoms with E-state index in [1.807, 2.05) is 25.1 Å². The molecular weight excluding hydrogens is 152 g/mol. The Kier molecular flexibility index (Phi) is 1.47. The van der Waals surface area contributed by atoms with Gasteiger partial charge in [0, 0.05) is 10.9 Å². The second-order valence-corrected chi connectivity index (χ2v) is 2.73. The van der Waals surface area contributed by atoms with Crippen molar-refractivity contribution in [2.75, 3.05) is 0 Å². The maximum Gasteiger partial charge on any atom is 0.150 e. The van der Waals surface area contributed by atoms with Gasteiger partial charge in [-0.3, -0.25) is 4.79 Å². The zero-order valence-electron chi connectivity index (χ0n) is 6.70. The highest BCUT2D eigenvalue weighted by Crippen LogP contribution is 2.21. The molecule has 2 aromatic rings. The molecule has 1 aromatic carbocycles. The van der Waals surface area contributed by atoms with Gasteiger partial charge in [-0.05, 0) is 19.1 Å². The third-order valence-electron chi connectivity index (χ3n) is 1.85. The number of hydrogen-bond acceptors (Lipinski definition) is 2. The Hall–Kier alpha value is -1.57. The Balaban J connectivity index is 2.86. The highest BCUT2D eigenvalue weighted by molar-refractivity contribution is 5.96. The smallest absolute Gasteiger partial charge is 0.150 e. The van der Waals surface area contributed by atoms with Crippen molar-refractivity contribution >= 4 is 17.3 Å². The van der Waals surface area contributed by atoms with E-state index in [4.69, 9.17) is 4.42 Å². The lowest BCUT2D eigenvalue weighted by Gasteiger charge is -1.89. The second kappa shape index (κ2) is 2.48. The Morgan fingerprint density at radius 3 is 3.00 bits per heavy atom. The number of carbonyl (C=O) groups is 1. The summed E-state index contributed by atoms with van der Waals surface area (Å²) in [4.78, 5) is 10.6. The minimum absolute atomic E-state index is 0.685. The maximum atomic E-state index is 10.6. The van der Waals surface area contributed by atoms with Gasteiger partial charge < -0.3 is 4.42 Å². The standard InChI is InChI=1S/C10H8O2/c1-7-5-9-8(6-11)3-2-4-10(9)12-7/h2-6H,1H3. The van der Waals surface area contributed by atoms with Gasteiger partial charge in [-0.15, -0.1) is 0 Å². The average molecular weight is 160 g/mol. The molecule has 0 fully saturated rings. The van der Waals surface area contributed by atoms with Crippen LogP contribution < -0.4 is 0 Å². The van der Waals surface area contributed by atoms with Crippen LogP contribution in [0.1, 0.15) is 16.1 Å². The number of carbonyl (C=O) groups excluding carboxylic acids is 1. The van der Waals surface area contributed by atoms with E-state index in [0.29, 0.717) is 5.56 Å². The predicted octanol–water partition coefficient (Wildman–Crippen LogP) is 2.55. The van der Waals surface area contributed by atoms with Gasteiger partial charge in [0.25, 0.3) is 0 Å². The van der Waals surface area contributed by atoms with E-state index in [2.05, 4.69) is 0 Å². The van der Waals surface area contributed by atoms with Crippen molar-refractivity contribution < 1.29 is 9.21 Å². The summed E-state index contributed by atoms with van der Waals surface area (Å²) in [6, 6.07) is 7.33. The highest BCUT2D eigenvalue weighted by Gasteiger charge is 2.03. The highest BCUT2D eigenvalue weighted by atomic mass is 16.3. The molecule has 60 valence electrons. The number of furan rings is 1. The summed E-state index contributed by atoms with van der Waals surface area (Å²) < 4.78 is 5.35. The lowest BCUT2D eigenvalue weighted by molar-refractivity contribution is 0.112. The number of rotatable bonds is 1. The van der Waals surface area contributed by atoms with E-state index in [9.17, 15) is 4.79 Å². The second-order valence-electron chi connectivity index (χ2n) is 2.73. The van der Waals surface area contributed by atoms with Crippen LogP contribution in [0.2, 0.25) is 0 Å². The average Bonchev–Trinajstić information content (AvgIpc) is 2.44. The minimum Gasteiger partial charge on any atom is -0.461 e. The summed E-state index contributed by atoms with van der Waals surface area (Å²) >= 11 is 0. The molecule has 0 aliphatic heterocycles. The molecule has 2 rings (SSSR count). The van der Waals surface area contributed by atoms with E-state index in [-0.39, 0.29) is 0 Å². The number of aryl methyl sites for hydroxylation is 1. The van der Waals surface area contributed by atoms with E-state index >= 15 is 0 Å². The third kappa shape index (κ3) is 0.925. The predicted molar refractivity (Wildman–Crippen MR) is 46.3 cm³/mol. The summed E-state index contributed by atoms with van der Waals surface area (Å²) in [5, 5.41) is 0.894. The van der Waals surface area contributed by atoms with E-state index in [1.165, 1.54) is 0 Å². The van der Waals surface area contributed by atoms with E-state index in [1.54, 1.807) is 6.07 Å². The molecule has 0 spiro atoms. The number of hydrogen-bond donors (Lipinski definition) is 0. The summed E-state index contributed by atoms with van der Waals surface area (Å²) in [5.41, 5.74) is 1.46. The quantitative estimate of drug-likeness (QED) is 0.600. The normalized spacial score (nSPS) is 10.4. The van der Waals surface area contributed by atoms with E-state index in [0.717, 1.165) is 23.0 Å². The van der Waals surface area contributed by atoms with Gasteiger partial charge in [0.1, 0.15) is 11.3 Å². The number of benzene rings is 1. The number of fused-ring (bicyclic) bond motifs is 1. The summed E-state index contributed by atoms with van der Waals surface area (Å²) in [6.45, 7) is 1.87. The summed E-state index contributed by atoms with van der Waals surface area (Å²) in [6.07, 6.45) is 0.845. The van der Waals surface area contributed by atoms with Crippen LogP contribution in [0.5, 0.6) is 0 Å². The van der Waals surface area contributed by atoms with Crippen LogP contribution in [-0.4, -0.2) is 6.29 Å². The molecule has 2 heteroatoms. The first-order valence-corrected chi connectivity index (χ1v) is 3.75. The zero-order valence-corrected chi connectivity index (χ0v) is 6.70. The lowest BCUT2D eigenvalue weighted by Crippen LogP contribution is -1.77. The molecule has 0 amide bonds. The van der Waals surface area contributed by atoms with Gasteiger partial charge in [0.05, 0.1) is 0 Å². The monoisotopic (exact) mass is 160 g/mol. The molecule has 0 atom stereocenters. The van der Waals surface area contributed by atoms with Crippen LogP contribution in [0.3, 0.4) is 0 Å². The molecular formula is C10H8O2. The molecule has 0 saturated carbocycles. The lowest BCUT2D eigenvalue weighted by atomic mass is 10.1. The minimum atomic E-state index is 0.685. The van der Waals surface area contributed by atoms with Crippen molar-refractivity contribution in [1.82, 2.24) is 0 Å². The Morgan fingerprint density at radius 2 is 2.25 bits per heavy atom. The molecule has 1 aromatic heterocycles. The van der Waals surface area contributed by atoms with Gasteiger partial charge in [-0.1, -0.05) is 12.1 Å². The Labute approximate surface area is 69.8 Å². The van der Waals surface area contributed by atoms with Crippen LogP contribution in [-0.2, 0) is 0 Å². The molecule has 0 N–H and O–H groups in total. The maximum absolute atomic E-state index is 10.6. The van der Waals surface area contributed by atoms with Gasteiger partial charge >= 0.3 is 0 Å². The Bertz CT molecular complexity index is 426. The van der Waals surface area contributed by atoms with E-state index < -0.39 is 0 Å². The molecule has 0 radical (unpaired) electrons. The van der Waals surface area contributed by atoms with Crippen molar-refractivity contribution in [3.8, 4) is 0 Å². The van der Waals surface area contributed by atoms with Gasteiger partial charge in [-0.25, -0.2) is 0 Å². The van der Waals surface area contributed by atoms with Gasteiger partial charge in [0.2, 0.25) is 0 Å². The first-order valence-electron chi connectivity index (χ1n) is 3.75. The fourth-order valence-corrected chi connectivity index (χ4v) is 1.31. The van der Waals surface area contributed by atoms with Crippen LogP contribution in [0.4, 0.5) is 0 Å². The van der Waals surface area contributed by atoms with Crippen LogP contribution in [0.25, 0.3) is 11.0 Å². The van der Waals surface area contributed by atoms with Gasteiger partial charge in [0.15, 0.2) is 6.29 Å². The largest absolute Gasteiger partial charge is 0.461 e. The molecule has 1 heterocycles. The van der Waals surface area contributed by atoms with Crippen molar-refractivity contribution in [3.05, 3.63) is 35.6 Å². The van der Waals surface area contributed by atoms with Crippen LogP contribution in [0, 0.1) is 6.92 Å². The molecule has 0 saturated heterocycles. The third-order valence-corrected chi connectivity index (χ3v) is 1.85. The van der Waals surface area contributed by atoms with Crippen molar-refractivity contribution in [2.24, 2.45) is 0 Å². The Morgan fingerprint density at radius 1 is 1.42 bits per heavy atom. The van der Waals surface area contributed by atoms with Crippen LogP contribution in [0.15, 0.2) is 28.7 Å². The summed E-state index contributed by atoms with van der Waals surface area (Å²) in [7, 11) is 0. The van der Waals surface area contributed by atoms with Crippen molar-refractivity contribution in [1.29, 1.82) is 0 Å².